The van der Waals surface area contributed by atoms with E-state index in [4.69, 9.17) is 0 Å². The molecule has 1 aliphatic rings. The lowest BCUT2D eigenvalue weighted by molar-refractivity contribution is -0.385. The number of hydrogen-bond acceptors (Lipinski definition) is 4. The van der Waals surface area contributed by atoms with E-state index in [-0.39, 0.29) is 11.1 Å². The molecule has 5 nitrogen and oxygen atoms in total. The Labute approximate surface area is 107 Å². The summed E-state index contributed by atoms with van der Waals surface area (Å²) >= 11 is 0. The quantitative estimate of drug-likeness (QED) is 0.659. The highest BCUT2D eigenvalue weighted by molar-refractivity contribution is 5.45. The minimum Gasteiger partial charge on any atom is -0.367 e. The first-order chi connectivity index (χ1) is 8.40. The Morgan fingerprint density at radius 3 is 2.72 bits per heavy atom. The Kier molecular flexibility index (Phi) is 3.24. The van der Waals surface area contributed by atoms with Crippen molar-refractivity contribution in [2.75, 3.05) is 5.32 Å². The largest absolute Gasteiger partial charge is 0.367 e. The third-order valence-electron chi connectivity index (χ3n) is 3.83. The Hall–Kier alpha value is -1.65. The summed E-state index contributed by atoms with van der Waals surface area (Å²) in [6.45, 7) is 6.16. The van der Waals surface area contributed by atoms with Crippen molar-refractivity contribution in [3.8, 4) is 0 Å². The fraction of sp³-hybridized carbons (Fsp3) is 0.615. The highest BCUT2D eigenvalue weighted by atomic mass is 16.6. The molecule has 1 saturated carbocycles. The minimum atomic E-state index is -0.397. The maximum atomic E-state index is 10.7. The Morgan fingerprint density at radius 1 is 1.50 bits per heavy atom. The van der Waals surface area contributed by atoms with Crippen molar-refractivity contribution in [2.24, 2.45) is 5.41 Å². The molecule has 0 radical (unpaired) electrons. The van der Waals surface area contributed by atoms with E-state index < -0.39 is 4.92 Å². The van der Waals surface area contributed by atoms with Gasteiger partial charge in [-0.15, -0.1) is 0 Å². The van der Waals surface area contributed by atoms with Crippen LogP contribution in [0.4, 0.5) is 11.5 Å². The third kappa shape index (κ3) is 2.44. The van der Waals surface area contributed by atoms with Gasteiger partial charge in [0.2, 0.25) is 0 Å². The van der Waals surface area contributed by atoms with Gasteiger partial charge >= 0.3 is 0 Å². The second kappa shape index (κ2) is 4.55. The number of nitro groups is 1. The molecule has 0 aromatic carbocycles. The molecule has 1 N–H and O–H groups in total. The Balaban J connectivity index is 2.16. The number of nitrogens with zero attached hydrogens (tertiary/aromatic N) is 2. The SMILES string of the molecule is Cc1nc(NC2CCCC2(C)C)ccc1[N+](=O)[O-]. The topological polar surface area (TPSA) is 68.1 Å². The molecule has 1 aromatic heterocycles. The van der Waals surface area contributed by atoms with E-state index in [2.05, 4.69) is 24.1 Å². The van der Waals surface area contributed by atoms with Crippen LogP contribution in [0.3, 0.4) is 0 Å². The molecule has 1 heterocycles. The molecule has 1 fully saturated rings. The molecule has 98 valence electrons. The number of aryl methyl sites for hydroxylation is 1. The van der Waals surface area contributed by atoms with Crippen molar-refractivity contribution >= 4 is 11.5 Å². The molecular weight excluding hydrogens is 230 g/mol. The second-order valence-electron chi connectivity index (χ2n) is 5.64. The minimum absolute atomic E-state index is 0.0752. The monoisotopic (exact) mass is 249 g/mol. The summed E-state index contributed by atoms with van der Waals surface area (Å²) in [4.78, 5) is 14.6. The molecule has 1 aromatic rings. The maximum Gasteiger partial charge on any atom is 0.290 e. The number of pyridine rings is 1. The van der Waals surface area contributed by atoms with Crippen LogP contribution < -0.4 is 5.32 Å². The molecule has 18 heavy (non-hydrogen) atoms. The van der Waals surface area contributed by atoms with Gasteiger partial charge in [-0.05, 0) is 31.2 Å². The standard InChI is InChI=1S/C13H19N3O2/c1-9-10(16(17)18)6-7-12(14-9)15-11-5-4-8-13(11,2)3/h6-7,11H,4-5,8H2,1-3H3,(H,14,15). The summed E-state index contributed by atoms with van der Waals surface area (Å²) in [6.07, 6.45) is 3.55. The number of hydrogen-bond donors (Lipinski definition) is 1. The van der Waals surface area contributed by atoms with E-state index in [1.165, 1.54) is 18.9 Å². The van der Waals surface area contributed by atoms with Crippen LogP contribution in [0.2, 0.25) is 0 Å². The molecule has 1 unspecified atom stereocenters. The van der Waals surface area contributed by atoms with Crippen molar-refractivity contribution in [2.45, 2.75) is 46.1 Å². The van der Waals surface area contributed by atoms with Crippen LogP contribution in [0.25, 0.3) is 0 Å². The number of aromatic nitrogens is 1. The van der Waals surface area contributed by atoms with Gasteiger partial charge < -0.3 is 5.32 Å². The predicted molar refractivity (Wildman–Crippen MR) is 70.7 cm³/mol. The number of anilines is 1. The molecule has 0 saturated heterocycles. The smallest absolute Gasteiger partial charge is 0.290 e. The second-order valence-corrected chi connectivity index (χ2v) is 5.64. The van der Waals surface area contributed by atoms with Gasteiger partial charge in [0.05, 0.1) is 4.92 Å². The van der Waals surface area contributed by atoms with Crippen molar-refractivity contribution < 1.29 is 4.92 Å². The summed E-state index contributed by atoms with van der Waals surface area (Å²) in [5, 5.41) is 14.1. The lowest BCUT2D eigenvalue weighted by Crippen LogP contribution is -2.31. The van der Waals surface area contributed by atoms with Crippen LogP contribution in [-0.2, 0) is 0 Å². The first-order valence-electron chi connectivity index (χ1n) is 6.29. The summed E-state index contributed by atoms with van der Waals surface area (Å²) < 4.78 is 0. The van der Waals surface area contributed by atoms with Gasteiger partial charge in [0, 0.05) is 12.1 Å². The normalized spacial score (nSPS) is 21.8. The van der Waals surface area contributed by atoms with Crippen molar-refractivity contribution in [1.82, 2.24) is 4.98 Å². The third-order valence-corrected chi connectivity index (χ3v) is 3.83. The molecule has 0 aliphatic heterocycles. The average molecular weight is 249 g/mol. The van der Waals surface area contributed by atoms with Crippen LogP contribution in [0.1, 0.15) is 38.8 Å². The molecule has 1 aliphatic carbocycles. The van der Waals surface area contributed by atoms with E-state index in [9.17, 15) is 10.1 Å². The van der Waals surface area contributed by atoms with Crippen LogP contribution >= 0.6 is 0 Å². The molecule has 0 spiro atoms. The van der Waals surface area contributed by atoms with Crippen molar-refractivity contribution in [3.05, 3.63) is 27.9 Å². The fourth-order valence-electron chi connectivity index (χ4n) is 2.60. The number of rotatable bonds is 3. The lowest BCUT2D eigenvalue weighted by Gasteiger charge is -2.28. The van der Waals surface area contributed by atoms with E-state index in [1.807, 2.05) is 0 Å². The molecule has 1 atom stereocenters. The van der Waals surface area contributed by atoms with E-state index in [0.717, 1.165) is 12.2 Å². The maximum absolute atomic E-state index is 10.7. The van der Waals surface area contributed by atoms with Gasteiger partial charge in [-0.1, -0.05) is 20.3 Å². The molecule has 0 amide bonds. The summed E-state index contributed by atoms with van der Waals surface area (Å²) in [6, 6.07) is 3.61. The van der Waals surface area contributed by atoms with E-state index in [1.54, 1.807) is 13.0 Å². The zero-order valence-electron chi connectivity index (χ0n) is 11.1. The van der Waals surface area contributed by atoms with Crippen LogP contribution in [0, 0.1) is 22.5 Å². The lowest BCUT2D eigenvalue weighted by atomic mass is 9.87. The molecule has 2 rings (SSSR count). The van der Waals surface area contributed by atoms with Gasteiger partial charge in [0.15, 0.2) is 0 Å². The van der Waals surface area contributed by atoms with E-state index >= 15 is 0 Å². The van der Waals surface area contributed by atoms with Crippen LogP contribution in [0.5, 0.6) is 0 Å². The van der Waals surface area contributed by atoms with Gasteiger partial charge in [0.1, 0.15) is 11.5 Å². The molecule has 0 bridgehead atoms. The van der Waals surface area contributed by atoms with E-state index in [0.29, 0.717) is 11.7 Å². The van der Waals surface area contributed by atoms with Crippen LogP contribution in [-0.4, -0.2) is 15.9 Å². The highest BCUT2D eigenvalue weighted by Crippen LogP contribution is 2.38. The fourth-order valence-corrected chi connectivity index (χ4v) is 2.60. The number of nitrogens with one attached hydrogen (secondary N) is 1. The summed E-state index contributed by atoms with van der Waals surface area (Å²) in [5.41, 5.74) is 0.796. The molecular formula is C13H19N3O2. The Morgan fingerprint density at radius 2 is 2.22 bits per heavy atom. The van der Waals surface area contributed by atoms with Crippen molar-refractivity contribution in [1.29, 1.82) is 0 Å². The van der Waals surface area contributed by atoms with Gasteiger partial charge in [0.25, 0.3) is 5.69 Å². The van der Waals surface area contributed by atoms with Gasteiger partial charge in [-0.3, -0.25) is 10.1 Å². The summed E-state index contributed by atoms with van der Waals surface area (Å²) in [7, 11) is 0. The predicted octanol–water partition coefficient (Wildman–Crippen LogP) is 3.29. The van der Waals surface area contributed by atoms with Crippen molar-refractivity contribution in [3.63, 3.8) is 0 Å². The van der Waals surface area contributed by atoms with Gasteiger partial charge in [-0.2, -0.15) is 0 Å². The van der Waals surface area contributed by atoms with Crippen LogP contribution in [0.15, 0.2) is 12.1 Å². The molecule has 5 heteroatoms. The first-order valence-corrected chi connectivity index (χ1v) is 6.29. The first kappa shape index (κ1) is 12.8. The highest BCUT2D eigenvalue weighted by Gasteiger charge is 2.34. The zero-order valence-corrected chi connectivity index (χ0v) is 11.1. The summed E-state index contributed by atoms with van der Waals surface area (Å²) in [5.74, 6) is 0.734. The zero-order chi connectivity index (χ0) is 13.3. The van der Waals surface area contributed by atoms with Gasteiger partial charge in [-0.25, -0.2) is 4.98 Å². The Bertz CT molecular complexity index is 471. The average Bonchev–Trinajstić information content (AvgIpc) is 2.58.